The third-order valence-corrected chi connectivity index (χ3v) is 5.52. The lowest BCUT2D eigenvalue weighted by molar-refractivity contribution is -0.136. The molecule has 8 nitrogen and oxygen atoms in total. The highest BCUT2D eigenvalue weighted by molar-refractivity contribution is 6.05. The zero-order chi connectivity index (χ0) is 29.1. The van der Waals surface area contributed by atoms with Crippen LogP contribution in [0.4, 0.5) is 0 Å². The van der Waals surface area contributed by atoms with Crippen molar-refractivity contribution < 1.29 is 33.5 Å². The predicted octanol–water partition coefficient (Wildman–Crippen LogP) is 1.86. The maximum Gasteiger partial charge on any atom is 0.255 e. The quantitative estimate of drug-likeness (QED) is 0.668. The number of carbonyl (C=O) groups is 3. The molecule has 8 heteroatoms. The Hall–Kier alpha value is -3.23. The summed E-state index contributed by atoms with van der Waals surface area (Å²) < 4.78 is 71.3. The number of nitrogens with one attached hydrogen (secondary N) is 1. The second-order valence-corrected chi connectivity index (χ2v) is 7.75. The molecule has 0 radical (unpaired) electrons. The molecule has 33 heavy (non-hydrogen) atoms. The van der Waals surface area contributed by atoms with Crippen molar-refractivity contribution in [2.24, 2.45) is 0 Å². The van der Waals surface area contributed by atoms with Gasteiger partial charge in [-0.15, -0.1) is 0 Å². The molecule has 2 aromatic rings. The second-order valence-electron chi connectivity index (χ2n) is 7.75. The van der Waals surface area contributed by atoms with Crippen LogP contribution in [0.2, 0.25) is 0 Å². The molecule has 2 aromatic carbocycles. The van der Waals surface area contributed by atoms with Gasteiger partial charge in [0.2, 0.25) is 11.8 Å². The zero-order valence-corrected chi connectivity index (χ0v) is 17.7. The number of fused-ring (bicyclic) bond motifs is 1. The number of amides is 3. The Morgan fingerprint density at radius 2 is 1.88 bits per heavy atom. The van der Waals surface area contributed by atoms with Gasteiger partial charge >= 0.3 is 0 Å². The van der Waals surface area contributed by atoms with Crippen LogP contribution in [-0.2, 0) is 33.9 Å². The molecule has 3 aliphatic rings. The van der Waals surface area contributed by atoms with E-state index in [9.17, 15) is 14.4 Å². The molecule has 172 valence electrons. The summed E-state index contributed by atoms with van der Waals surface area (Å²) in [6.07, 6.45) is -0.658. The Bertz CT molecular complexity index is 1370. The summed E-state index contributed by atoms with van der Waals surface area (Å²) in [5.41, 5.74) is -0.184. The third kappa shape index (κ3) is 4.62. The van der Waals surface area contributed by atoms with E-state index in [1.165, 1.54) is 42.5 Å². The fourth-order valence-corrected chi connectivity index (χ4v) is 3.79. The summed E-state index contributed by atoms with van der Waals surface area (Å²) in [5, 5.41) is 1.99. The topological polar surface area (TPSA) is 88.2 Å². The molecule has 2 fully saturated rings. The molecule has 3 aliphatic heterocycles. The summed E-state index contributed by atoms with van der Waals surface area (Å²) in [4.78, 5) is 39.6. The maximum absolute atomic E-state index is 13.3. The third-order valence-electron chi connectivity index (χ3n) is 5.52. The summed E-state index contributed by atoms with van der Waals surface area (Å²) in [6.45, 7) is -5.44. The van der Waals surface area contributed by atoms with Gasteiger partial charge < -0.3 is 14.4 Å². The van der Waals surface area contributed by atoms with Crippen LogP contribution in [0.5, 0.6) is 5.75 Å². The average molecular weight is 457 g/mol. The van der Waals surface area contributed by atoms with Crippen molar-refractivity contribution in [1.29, 1.82) is 0 Å². The fraction of sp³-hybridized carbons (Fsp3) is 0.400. The first-order valence-corrected chi connectivity index (χ1v) is 10.6. The summed E-state index contributed by atoms with van der Waals surface area (Å²) in [6, 6.07) is 7.24. The Morgan fingerprint density at radius 3 is 2.64 bits per heavy atom. The van der Waals surface area contributed by atoms with E-state index in [1.807, 2.05) is 5.32 Å². The van der Waals surface area contributed by atoms with Crippen LogP contribution in [-0.4, -0.2) is 59.8 Å². The number of piperidine rings is 1. The monoisotopic (exact) mass is 456 g/mol. The van der Waals surface area contributed by atoms with E-state index in [1.54, 1.807) is 4.90 Å². The average Bonchev–Trinajstić information content (AvgIpc) is 3.12. The van der Waals surface area contributed by atoms with E-state index in [0.29, 0.717) is 36.8 Å². The van der Waals surface area contributed by atoms with E-state index in [2.05, 4.69) is 0 Å². The SMILES string of the molecule is [2H]C([2H])(Oc1cccc2c1C([2H])([2H])N(C1([2H])CCC(=O)NC1=O)C2=O)c1ccc(C([2H])([2H])N2CCOCC2)cc1. The first-order chi connectivity index (χ1) is 18.7. The van der Waals surface area contributed by atoms with Gasteiger partial charge in [-0.1, -0.05) is 30.3 Å². The standard InChI is InChI=1S/C25H27N3O5/c29-23-9-8-21(24(30)26-23)28-15-20-19(25(28)31)2-1-3-22(20)33-16-18-6-4-17(5-7-18)14-27-10-12-32-13-11-27/h1-7,21H,8-16H2,(H,26,29,30)/i14D2,15D2,16D2,21D. The van der Waals surface area contributed by atoms with Crippen LogP contribution in [0, 0.1) is 0 Å². The van der Waals surface area contributed by atoms with Gasteiger partial charge in [0.05, 0.1) is 26.6 Å². The van der Waals surface area contributed by atoms with Gasteiger partial charge in [0.15, 0.2) is 0 Å². The van der Waals surface area contributed by atoms with E-state index in [-0.39, 0.29) is 28.9 Å². The minimum Gasteiger partial charge on any atom is -0.489 e. The number of imide groups is 1. The van der Waals surface area contributed by atoms with E-state index in [0.717, 1.165) is 0 Å². The molecule has 1 N–H and O–H groups in total. The molecular weight excluding hydrogens is 422 g/mol. The molecular formula is C25H27N3O5. The Balaban J connectivity index is 1.43. The van der Waals surface area contributed by atoms with Crippen LogP contribution in [0.15, 0.2) is 42.5 Å². The number of hydrogen-bond donors (Lipinski definition) is 1. The molecule has 0 saturated carbocycles. The van der Waals surface area contributed by atoms with Crippen LogP contribution < -0.4 is 10.1 Å². The van der Waals surface area contributed by atoms with Crippen LogP contribution in [0.25, 0.3) is 0 Å². The van der Waals surface area contributed by atoms with Crippen molar-refractivity contribution in [3.8, 4) is 5.75 Å². The minimum absolute atomic E-state index is 0.0236. The number of nitrogens with zero attached hydrogens (tertiary/aromatic N) is 2. The normalized spacial score (nSPS) is 28.9. The largest absolute Gasteiger partial charge is 0.489 e. The Morgan fingerprint density at radius 1 is 1.12 bits per heavy atom. The van der Waals surface area contributed by atoms with E-state index in [4.69, 9.17) is 19.1 Å². The maximum atomic E-state index is 13.3. The van der Waals surface area contributed by atoms with Crippen LogP contribution in [0.3, 0.4) is 0 Å². The van der Waals surface area contributed by atoms with Gasteiger partial charge in [-0.05, 0) is 29.7 Å². The number of rotatable bonds is 6. The van der Waals surface area contributed by atoms with E-state index >= 15 is 0 Å². The van der Waals surface area contributed by atoms with Crippen molar-refractivity contribution >= 4 is 17.7 Å². The van der Waals surface area contributed by atoms with Gasteiger partial charge in [-0.3, -0.25) is 24.6 Å². The number of hydrogen-bond acceptors (Lipinski definition) is 6. The molecule has 0 aliphatic carbocycles. The predicted molar refractivity (Wildman–Crippen MR) is 119 cm³/mol. The fourth-order valence-electron chi connectivity index (χ4n) is 3.79. The molecule has 0 spiro atoms. The van der Waals surface area contributed by atoms with Crippen molar-refractivity contribution in [2.75, 3.05) is 26.3 Å². The molecule has 5 rings (SSSR count). The van der Waals surface area contributed by atoms with Crippen molar-refractivity contribution in [3.05, 3.63) is 64.7 Å². The van der Waals surface area contributed by atoms with Crippen molar-refractivity contribution in [3.63, 3.8) is 0 Å². The minimum atomic E-state index is -2.74. The highest BCUT2D eigenvalue weighted by Crippen LogP contribution is 2.34. The number of benzene rings is 2. The van der Waals surface area contributed by atoms with Crippen molar-refractivity contribution in [1.82, 2.24) is 15.1 Å². The molecule has 2 saturated heterocycles. The lowest BCUT2D eigenvalue weighted by Gasteiger charge is -2.29. The van der Waals surface area contributed by atoms with Crippen molar-refractivity contribution in [2.45, 2.75) is 38.4 Å². The van der Waals surface area contributed by atoms with Gasteiger partial charge in [0, 0.05) is 39.9 Å². The van der Waals surface area contributed by atoms with Crippen LogP contribution in [0.1, 0.15) is 49.5 Å². The summed E-state index contributed by atoms with van der Waals surface area (Å²) >= 11 is 0. The van der Waals surface area contributed by atoms with Gasteiger partial charge in [0.1, 0.15) is 18.3 Å². The van der Waals surface area contributed by atoms with Gasteiger partial charge in [-0.2, -0.15) is 0 Å². The van der Waals surface area contributed by atoms with Gasteiger partial charge in [-0.25, -0.2) is 0 Å². The molecule has 0 bridgehead atoms. The molecule has 0 aromatic heterocycles. The first-order valence-electron chi connectivity index (χ1n) is 14.1. The molecule has 1 atom stereocenters. The van der Waals surface area contributed by atoms with E-state index < -0.39 is 49.7 Å². The zero-order valence-electron chi connectivity index (χ0n) is 24.7. The smallest absolute Gasteiger partial charge is 0.255 e. The Kier molecular flexibility index (Phi) is 4.19. The Labute approximate surface area is 202 Å². The molecule has 3 amide bonds. The number of ether oxygens (including phenoxy) is 2. The van der Waals surface area contributed by atoms with Crippen LogP contribution >= 0.6 is 0 Å². The number of carbonyl (C=O) groups excluding carboxylic acids is 3. The highest BCUT2D eigenvalue weighted by atomic mass is 16.5. The molecule has 1 unspecified atom stereocenters. The second kappa shape index (κ2) is 9.33. The highest BCUT2D eigenvalue weighted by Gasteiger charge is 2.40. The lowest BCUT2D eigenvalue weighted by atomic mass is 10.0. The van der Waals surface area contributed by atoms with Gasteiger partial charge in [0.25, 0.3) is 5.91 Å². The lowest BCUT2D eigenvalue weighted by Crippen LogP contribution is -2.52. The number of morpholine rings is 1. The molecule has 3 heterocycles. The summed E-state index contributed by atoms with van der Waals surface area (Å²) in [5.74, 6) is -3.00. The summed E-state index contributed by atoms with van der Waals surface area (Å²) in [7, 11) is 0. The first kappa shape index (κ1) is 14.8.